The summed E-state index contributed by atoms with van der Waals surface area (Å²) in [7, 11) is -0.936. The third-order valence-corrected chi connectivity index (χ3v) is 5.05. The number of hydrogen-bond donors (Lipinski definition) is 1. The van der Waals surface area contributed by atoms with E-state index in [1.54, 1.807) is 6.07 Å². The van der Waals surface area contributed by atoms with Crippen molar-refractivity contribution in [2.24, 2.45) is 0 Å². The van der Waals surface area contributed by atoms with Crippen molar-refractivity contribution >= 4 is 27.6 Å². The highest BCUT2D eigenvalue weighted by atomic mass is 32.2. The first-order valence-corrected chi connectivity index (χ1v) is 9.13. The van der Waals surface area contributed by atoms with Gasteiger partial charge in [0.15, 0.2) is 0 Å². The minimum absolute atomic E-state index is 0.184. The van der Waals surface area contributed by atoms with Crippen LogP contribution in [0.1, 0.15) is 22.5 Å². The summed E-state index contributed by atoms with van der Waals surface area (Å²) in [6.45, 7) is -0.234. The number of rotatable bonds is 7. The van der Waals surface area contributed by atoms with Crippen LogP contribution in [0.15, 0.2) is 45.9 Å². The molecule has 27 heavy (non-hydrogen) atoms. The van der Waals surface area contributed by atoms with E-state index >= 15 is 0 Å². The lowest BCUT2D eigenvalue weighted by atomic mass is 10.2. The van der Waals surface area contributed by atoms with Crippen LogP contribution in [-0.4, -0.2) is 38.7 Å². The van der Waals surface area contributed by atoms with Gasteiger partial charge in [-0.3, -0.25) is 4.79 Å². The number of esters is 1. The summed E-state index contributed by atoms with van der Waals surface area (Å²) in [5.41, 5.74) is 0.678. The van der Waals surface area contributed by atoms with Crippen molar-refractivity contribution in [1.29, 1.82) is 5.26 Å². The van der Waals surface area contributed by atoms with Crippen molar-refractivity contribution in [2.75, 3.05) is 19.4 Å². The van der Waals surface area contributed by atoms with Crippen LogP contribution in [0.5, 0.6) is 0 Å². The Hall–Kier alpha value is -3.16. The molecule has 0 unspecified atom stereocenters. The molecule has 1 aromatic heterocycles. The van der Waals surface area contributed by atoms with Crippen molar-refractivity contribution < 1.29 is 27.2 Å². The maximum atomic E-state index is 12.0. The molecule has 0 fully saturated rings. The second-order valence-electron chi connectivity index (χ2n) is 5.54. The minimum Gasteiger partial charge on any atom is -0.454 e. The lowest BCUT2D eigenvalue weighted by Gasteiger charge is -2.08. The third kappa shape index (κ3) is 5.16. The lowest BCUT2D eigenvalue weighted by molar-refractivity contribution is -0.115. The average Bonchev–Trinajstić information content (AvgIpc) is 3.10. The third-order valence-electron chi connectivity index (χ3n) is 3.36. The largest absolute Gasteiger partial charge is 0.454 e. The summed E-state index contributed by atoms with van der Waals surface area (Å²) >= 11 is 0. The fourth-order valence-electron chi connectivity index (χ4n) is 1.94. The Balaban J connectivity index is 1.95. The highest BCUT2D eigenvalue weighted by molar-refractivity contribution is 7.88. The van der Waals surface area contributed by atoms with E-state index in [4.69, 9.17) is 14.4 Å². The van der Waals surface area contributed by atoms with Crippen LogP contribution in [0.4, 0.5) is 5.69 Å². The van der Waals surface area contributed by atoms with E-state index in [1.165, 1.54) is 50.5 Å². The van der Waals surface area contributed by atoms with Crippen LogP contribution in [0, 0.1) is 11.3 Å². The van der Waals surface area contributed by atoms with Crippen LogP contribution in [0.3, 0.4) is 0 Å². The summed E-state index contributed by atoms with van der Waals surface area (Å²) in [4.78, 5) is 23.4. The number of carbonyl (C=O) groups excluding carboxylic acids is 2. The Morgan fingerprint density at radius 1 is 1.19 bits per heavy atom. The van der Waals surface area contributed by atoms with E-state index in [9.17, 15) is 18.0 Å². The zero-order chi connectivity index (χ0) is 20.0. The molecule has 0 saturated carbocycles. The van der Waals surface area contributed by atoms with Gasteiger partial charge in [-0.2, -0.15) is 5.26 Å². The molecule has 9 nitrogen and oxygen atoms in total. The number of hydrogen-bond acceptors (Lipinski definition) is 7. The summed E-state index contributed by atoms with van der Waals surface area (Å²) in [5.74, 6) is -0.906. The molecule has 0 saturated heterocycles. The number of carbonyl (C=O) groups is 2. The second kappa shape index (κ2) is 8.48. The minimum atomic E-state index is -3.69. The standard InChI is InChI=1S/C17H17N3O6S/c1-20(2)27(23,24)16-8-7-14(26-16)11-25-17(22)12-3-5-13(6-4-12)19-15(21)9-10-18/h3-8H,9,11H2,1-2H3,(H,19,21). The highest BCUT2D eigenvalue weighted by Gasteiger charge is 2.21. The number of anilines is 1. The molecule has 1 N–H and O–H groups in total. The Bertz CT molecular complexity index is 971. The quantitative estimate of drug-likeness (QED) is 0.712. The monoisotopic (exact) mass is 391 g/mol. The van der Waals surface area contributed by atoms with E-state index < -0.39 is 21.9 Å². The normalized spacial score (nSPS) is 11.0. The summed E-state index contributed by atoms with van der Waals surface area (Å²) in [5, 5.41) is 10.7. The van der Waals surface area contributed by atoms with Gasteiger partial charge in [-0.05, 0) is 36.4 Å². The number of sulfonamides is 1. The number of ether oxygens (including phenoxy) is 1. The van der Waals surface area contributed by atoms with Crippen molar-refractivity contribution in [1.82, 2.24) is 4.31 Å². The molecule has 1 aromatic carbocycles. The van der Waals surface area contributed by atoms with Gasteiger partial charge in [0.05, 0.1) is 11.6 Å². The van der Waals surface area contributed by atoms with E-state index in [-0.39, 0.29) is 29.4 Å². The Morgan fingerprint density at radius 3 is 2.44 bits per heavy atom. The molecule has 0 radical (unpaired) electrons. The van der Waals surface area contributed by atoms with Gasteiger partial charge >= 0.3 is 5.97 Å². The van der Waals surface area contributed by atoms with Gasteiger partial charge in [0.25, 0.3) is 10.0 Å². The summed E-state index contributed by atoms with van der Waals surface area (Å²) < 4.78 is 35.2. The van der Waals surface area contributed by atoms with Crippen LogP contribution in [0.25, 0.3) is 0 Å². The fourth-order valence-corrected chi connectivity index (χ4v) is 2.75. The van der Waals surface area contributed by atoms with Crippen molar-refractivity contribution in [2.45, 2.75) is 18.1 Å². The van der Waals surface area contributed by atoms with E-state index in [0.717, 1.165) is 4.31 Å². The smallest absolute Gasteiger partial charge is 0.338 e. The number of benzene rings is 1. The Kier molecular flexibility index (Phi) is 6.33. The zero-order valence-electron chi connectivity index (χ0n) is 14.6. The van der Waals surface area contributed by atoms with Gasteiger partial charge in [-0.1, -0.05) is 0 Å². The molecule has 0 aliphatic carbocycles. The maximum Gasteiger partial charge on any atom is 0.338 e. The molecule has 142 valence electrons. The lowest BCUT2D eigenvalue weighted by Crippen LogP contribution is -2.21. The molecule has 0 aliphatic rings. The van der Waals surface area contributed by atoms with Crippen LogP contribution in [-0.2, 0) is 26.2 Å². The molecule has 0 aliphatic heterocycles. The van der Waals surface area contributed by atoms with E-state index in [1.807, 2.05) is 0 Å². The van der Waals surface area contributed by atoms with Crippen LogP contribution >= 0.6 is 0 Å². The Labute approximate surface area is 156 Å². The van der Waals surface area contributed by atoms with Gasteiger partial charge in [0.1, 0.15) is 18.8 Å². The summed E-state index contributed by atoms with van der Waals surface area (Å²) in [6.07, 6.45) is -0.265. The van der Waals surface area contributed by atoms with E-state index in [0.29, 0.717) is 5.69 Å². The van der Waals surface area contributed by atoms with Crippen molar-refractivity contribution in [3.05, 3.63) is 47.7 Å². The van der Waals surface area contributed by atoms with Gasteiger partial charge in [0.2, 0.25) is 11.0 Å². The predicted octanol–water partition coefficient (Wildman–Crippen LogP) is 1.74. The van der Waals surface area contributed by atoms with Gasteiger partial charge in [-0.25, -0.2) is 17.5 Å². The van der Waals surface area contributed by atoms with Gasteiger partial charge in [-0.15, -0.1) is 0 Å². The first-order chi connectivity index (χ1) is 12.7. The first kappa shape index (κ1) is 20.2. The molecule has 0 spiro atoms. The molecule has 1 amide bonds. The van der Waals surface area contributed by atoms with Gasteiger partial charge < -0.3 is 14.5 Å². The number of nitrogens with one attached hydrogen (secondary N) is 1. The number of amides is 1. The van der Waals surface area contributed by atoms with Crippen molar-refractivity contribution in [3.8, 4) is 6.07 Å². The second-order valence-corrected chi connectivity index (χ2v) is 7.63. The fraction of sp³-hybridized carbons (Fsp3) is 0.235. The molecule has 10 heteroatoms. The van der Waals surface area contributed by atoms with Crippen LogP contribution < -0.4 is 5.32 Å². The summed E-state index contributed by atoms with van der Waals surface area (Å²) in [6, 6.07) is 10.3. The average molecular weight is 391 g/mol. The highest BCUT2D eigenvalue weighted by Crippen LogP contribution is 2.18. The molecule has 1 heterocycles. The Morgan fingerprint density at radius 2 is 1.85 bits per heavy atom. The number of nitrogens with zero attached hydrogens (tertiary/aromatic N) is 2. The van der Waals surface area contributed by atoms with E-state index in [2.05, 4.69) is 5.32 Å². The molecule has 0 bridgehead atoms. The zero-order valence-corrected chi connectivity index (χ0v) is 15.4. The first-order valence-electron chi connectivity index (χ1n) is 7.69. The molecular formula is C17H17N3O6S. The molecular weight excluding hydrogens is 374 g/mol. The van der Waals surface area contributed by atoms with Gasteiger partial charge in [0, 0.05) is 19.8 Å². The topological polar surface area (TPSA) is 130 Å². The number of furan rings is 1. The number of nitriles is 1. The van der Waals surface area contributed by atoms with Crippen LogP contribution in [0.2, 0.25) is 0 Å². The molecule has 2 rings (SSSR count). The predicted molar refractivity (Wildman–Crippen MR) is 94.0 cm³/mol. The van der Waals surface area contributed by atoms with Crippen molar-refractivity contribution in [3.63, 3.8) is 0 Å². The SMILES string of the molecule is CN(C)S(=O)(=O)c1ccc(COC(=O)c2ccc(NC(=O)CC#N)cc2)o1. The molecule has 0 atom stereocenters. The molecule has 2 aromatic rings. The maximum absolute atomic E-state index is 12.0.